The highest BCUT2D eigenvalue weighted by molar-refractivity contribution is 14.1. The number of hydrogen-bond acceptors (Lipinski definition) is 2. The summed E-state index contributed by atoms with van der Waals surface area (Å²) in [5.74, 6) is -0.440. The highest BCUT2D eigenvalue weighted by Crippen LogP contribution is 2.09. The number of hydrogen-bond donors (Lipinski definition) is 3. The van der Waals surface area contributed by atoms with Crippen LogP contribution in [0.1, 0.15) is 15.9 Å². The Labute approximate surface area is 148 Å². The van der Waals surface area contributed by atoms with Gasteiger partial charge in [0.05, 0.1) is 0 Å². The molecule has 0 aliphatic heterocycles. The van der Waals surface area contributed by atoms with E-state index in [-0.39, 0.29) is 0 Å². The van der Waals surface area contributed by atoms with E-state index in [1.54, 1.807) is 24.3 Å². The Hall–Kier alpha value is -1.67. The fourth-order valence-corrected chi connectivity index (χ4v) is 2.73. The van der Waals surface area contributed by atoms with Crippen molar-refractivity contribution in [1.29, 1.82) is 0 Å². The van der Waals surface area contributed by atoms with Crippen LogP contribution in [-0.2, 0) is 6.42 Å². The number of halogens is 1. The largest absolute Gasteiger partial charge is 0.366 e. The van der Waals surface area contributed by atoms with Crippen LogP contribution in [0.5, 0.6) is 0 Å². The topological polar surface area (TPSA) is 67.2 Å². The van der Waals surface area contributed by atoms with Crippen LogP contribution in [0.3, 0.4) is 0 Å². The van der Waals surface area contributed by atoms with Gasteiger partial charge >= 0.3 is 0 Å². The van der Waals surface area contributed by atoms with Crippen molar-refractivity contribution in [2.45, 2.75) is 6.42 Å². The first-order valence-corrected chi connectivity index (χ1v) is 8.22. The molecular formula is C16H16IN3OS. The summed E-state index contributed by atoms with van der Waals surface area (Å²) in [7, 11) is 0. The zero-order chi connectivity index (χ0) is 15.9. The lowest BCUT2D eigenvalue weighted by Crippen LogP contribution is -2.30. The lowest BCUT2D eigenvalue weighted by atomic mass is 10.1. The molecule has 1 amide bonds. The Kier molecular flexibility index (Phi) is 6.14. The van der Waals surface area contributed by atoms with Gasteiger partial charge in [0, 0.05) is 21.4 Å². The average molecular weight is 425 g/mol. The molecule has 0 bridgehead atoms. The second kappa shape index (κ2) is 8.09. The Morgan fingerprint density at radius 3 is 2.55 bits per heavy atom. The average Bonchev–Trinajstić information content (AvgIpc) is 2.48. The minimum Gasteiger partial charge on any atom is -0.366 e. The van der Waals surface area contributed by atoms with Gasteiger partial charge in [0.2, 0.25) is 5.91 Å². The number of rotatable bonds is 5. The normalized spacial score (nSPS) is 10.0. The van der Waals surface area contributed by atoms with E-state index in [0.29, 0.717) is 10.7 Å². The van der Waals surface area contributed by atoms with E-state index in [4.69, 9.17) is 18.0 Å². The predicted octanol–water partition coefficient (Wildman–Crippen LogP) is 2.92. The van der Waals surface area contributed by atoms with E-state index in [2.05, 4.69) is 51.4 Å². The van der Waals surface area contributed by atoms with Crippen molar-refractivity contribution in [3.63, 3.8) is 0 Å². The zero-order valence-electron chi connectivity index (χ0n) is 11.8. The third kappa shape index (κ3) is 5.27. The molecule has 0 atom stereocenters. The molecule has 114 valence electrons. The Morgan fingerprint density at radius 2 is 1.91 bits per heavy atom. The van der Waals surface area contributed by atoms with Gasteiger partial charge in [-0.25, -0.2) is 0 Å². The van der Waals surface area contributed by atoms with Gasteiger partial charge in [0.1, 0.15) is 0 Å². The summed E-state index contributed by atoms with van der Waals surface area (Å²) in [5.41, 5.74) is 7.76. The molecule has 0 heterocycles. The fourth-order valence-electron chi connectivity index (χ4n) is 1.91. The molecule has 0 unspecified atom stereocenters. The van der Waals surface area contributed by atoms with Crippen molar-refractivity contribution in [3.8, 4) is 0 Å². The standard InChI is InChI=1S/C16H16IN3OS/c17-13-3-1-2-11(10-13)8-9-19-16(22)20-14-6-4-12(5-7-14)15(18)21/h1-7,10H,8-9H2,(H2,18,21)(H2,19,20,22). The molecule has 0 fully saturated rings. The maximum absolute atomic E-state index is 11.0. The number of carbonyl (C=O) groups excluding carboxylic acids is 1. The molecule has 2 aromatic rings. The first kappa shape index (κ1) is 16.7. The molecule has 2 rings (SSSR count). The molecule has 0 spiro atoms. The third-order valence-corrected chi connectivity index (χ3v) is 3.93. The number of thiocarbonyl (C=S) groups is 1. The minimum atomic E-state index is -0.440. The van der Waals surface area contributed by atoms with Gasteiger partial charge in [-0.1, -0.05) is 12.1 Å². The van der Waals surface area contributed by atoms with Crippen LogP contribution in [0.4, 0.5) is 5.69 Å². The number of anilines is 1. The van der Waals surface area contributed by atoms with Crippen molar-refractivity contribution in [1.82, 2.24) is 5.32 Å². The number of primary amides is 1. The number of nitrogens with one attached hydrogen (secondary N) is 2. The Bertz CT molecular complexity index is 673. The van der Waals surface area contributed by atoms with Crippen LogP contribution in [-0.4, -0.2) is 17.6 Å². The van der Waals surface area contributed by atoms with Gasteiger partial charge in [-0.05, 0) is 83.2 Å². The molecule has 2 aromatic carbocycles. The summed E-state index contributed by atoms with van der Waals surface area (Å²) >= 11 is 7.55. The van der Waals surface area contributed by atoms with Gasteiger partial charge in [-0.3, -0.25) is 4.79 Å². The van der Waals surface area contributed by atoms with E-state index in [0.717, 1.165) is 18.7 Å². The van der Waals surface area contributed by atoms with E-state index < -0.39 is 5.91 Å². The van der Waals surface area contributed by atoms with Crippen LogP contribution in [0, 0.1) is 3.57 Å². The quantitative estimate of drug-likeness (QED) is 0.509. The summed E-state index contributed by atoms with van der Waals surface area (Å²) in [6.07, 6.45) is 0.902. The molecule has 0 saturated carbocycles. The summed E-state index contributed by atoms with van der Waals surface area (Å²) < 4.78 is 1.23. The number of benzene rings is 2. The van der Waals surface area contributed by atoms with E-state index >= 15 is 0 Å². The number of nitrogens with two attached hydrogens (primary N) is 1. The SMILES string of the molecule is NC(=O)c1ccc(NC(=S)NCCc2cccc(I)c2)cc1. The molecular weight excluding hydrogens is 409 g/mol. The number of amides is 1. The molecule has 6 heteroatoms. The molecule has 0 aliphatic rings. The van der Waals surface area contributed by atoms with Crippen LogP contribution in [0.15, 0.2) is 48.5 Å². The van der Waals surface area contributed by atoms with Gasteiger partial charge in [-0.15, -0.1) is 0 Å². The second-order valence-electron chi connectivity index (χ2n) is 4.70. The Balaban J connectivity index is 1.79. The lowest BCUT2D eigenvalue weighted by Gasteiger charge is -2.11. The Morgan fingerprint density at radius 1 is 1.18 bits per heavy atom. The van der Waals surface area contributed by atoms with Crippen molar-refractivity contribution < 1.29 is 4.79 Å². The molecule has 22 heavy (non-hydrogen) atoms. The van der Waals surface area contributed by atoms with Crippen molar-refractivity contribution in [2.75, 3.05) is 11.9 Å². The van der Waals surface area contributed by atoms with E-state index in [1.165, 1.54) is 9.13 Å². The summed E-state index contributed by atoms with van der Waals surface area (Å²) in [6.45, 7) is 0.755. The highest BCUT2D eigenvalue weighted by atomic mass is 127. The summed E-state index contributed by atoms with van der Waals surface area (Å²) in [4.78, 5) is 11.0. The molecule has 0 saturated heterocycles. The van der Waals surface area contributed by atoms with Gasteiger partial charge in [0.25, 0.3) is 0 Å². The maximum Gasteiger partial charge on any atom is 0.248 e. The monoisotopic (exact) mass is 425 g/mol. The second-order valence-corrected chi connectivity index (χ2v) is 6.36. The van der Waals surface area contributed by atoms with Crippen molar-refractivity contribution in [3.05, 3.63) is 63.2 Å². The van der Waals surface area contributed by atoms with Crippen LogP contribution in [0.25, 0.3) is 0 Å². The summed E-state index contributed by atoms with van der Waals surface area (Å²) in [6, 6.07) is 15.2. The minimum absolute atomic E-state index is 0.440. The first-order chi connectivity index (χ1) is 10.5. The van der Waals surface area contributed by atoms with Crippen molar-refractivity contribution >= 4 is 51.5 Å². The van der Waals surface area contributed by atoms with Crippen LogP contribution in [0.2, 0.25) is 0 Å². The van der Waals surface area contributed by atoms with E-state index in [1.807, 2.05) is 6.07 Å². The zero-order valence-corrected chi connectivity index (χ0v) is 14.8. The van der Waals surface area contributed by atoms with Gasteiger partial charge < -0.3 is 16.4 Å². The molecule has 0 radical (unpaired) electrons. The number of carbonyl (C=O) groups is 1. The molecule has 0 aromatic heterocycles. The summed E-state index contributed by atoms with van der Waals surface area (Å²) in [5, 5.41) is 6.79. The first-order valence-electron chi connectivity index (χ1n) is 6.74. The highest BCUT2D eigenvalue weighted by Gasteiger charge is 2.01. The fraction of sp³-hybridized carbons (Fsp3) is 0.125. The smallest absolute Gasteiger partial charge is 0.248 e. The third-order valence-electron chi connectivity index (χ3n) is 3.02. The van der Waals surface area contributed by atoms with Gasteiger partial charge in [0.15, 0.2) is 5.11 Å². The lowest BCUT2D eigenvalue weighted by molar-refractivity contribution is 0.100. The van der Waals surface area contributed by atoms with Gasteiger partial charge in [-0.2, -0.15) is 0 Å². The van der Waals surface area contributed by atoms with Crippen molar-refractivity contribution in [2.24, 2.45) is 5.73 Å². The molecule has 4 nitrogen and oxygen atoms in total. The van der Waals surface area contributed by atoms with Crippen LogP contribution < -0.4 is 16.4 Å². The van der Waals surface area contributed by atoms with E-state index in [9.17, 15) is 4.79 Å². The molecule has 4 N–H and O–H groups in total. The van der Waals surface area contributed by atoms with Crippen LogP contribution >= 0.6 is 34.8 Å². The molecule has 0 aliphatic carbocycles. The maximum atomic E-state index is 11.0. The predicted molar refractivity (Wildman–Crippen MR) is 102 cm³/mol.